The molecule has 0 atom stereocenters. The van der Waals surface area contributed by atoms with E-state index in [0.717, 1.165) is 5.56 Å². The van der Waals surface area contributed by atoms with Crippen LogP contribution in [0.3, 0.4) is 0 Å². The summed E-state index contributed by atoms with van der Waals surface area (Å²) >= 11 is 0. The second-order valence-electron chi connectivity index (χ2n) is 5.84. The largest absolute Gasteiger partial charge is 0.495 e. The van der Waals surface area contributed by atoms with Gasteiger partial charge in [0.1, 0.15) is 11.4 Å². The second kappa shape index (κ2) is 6.28. The number of ketones is 1. The summed E-state index contributed by atoms with van der Waals surface area (Å²) in [5.74, 6) is 0.220. The summed E-state index contributed by atoms with van der Waals surface area (Å²) in [5.41, 5.74) is 2.54. The number of para-hydroxylation sites is 1. The number of sulfonamides is 1. The van der Waals surface area contributed by atoms with Crippen LogP contribution in [0.1, 0.15) is 27.9 Å². The van der Waals surface area contributed by atoms with E-state index < -0.39 is 10.0 Å². The molecule has 0 N–H and O–H groups in total. The molecular formula is C18H19NO4S. The van der Waals surface area contributed by atoms with Gasteiger partial charge in [-0.25, -0.2) is 8.42 Å². The number of carbonyl (C=O) groups is 1. The molecular weight excluding hydrogens is 326 g/mol. The SMILES string of the molecule is COc1cccc2c1N(S(=O)(=O)Cc1ccc(C)cc1)CCC2=O. The average molecular weight is 345 g/mol. The van der Waals surface area contributed by atoms with Crippen molar-refractivity contribution in [3.63, 3.8) is 0 Å². The van der Waals surface area contributed by atoms with Gasteiger partial charge in [0.05, 0.1) is 12.9 Å². The summed E-state index contributed by atoms with van der Waals surface area (Å²) in [6.45, 7) is 2.09. The number of hydrogen-bond donors (Lipinski definition) is 0. The molecule has 6 heteroatoms. The number of aryl methyl sites for hydroxylation is 1. The number of rotatable bonds is 4. The Hall–Kier alpha value is -2.34. The molecule has 2 aromatic rings. The standard InChI is InChI=1S/C18H19NO4S/c1-13-6-8-14(9-7-13)12-24(21,22)19-11-10-16(20)15-4-3-5-17(23-2)18(15)19/h3-9H,10-12H2,1-2H3. The Kier molecular flexibility index (Phi) is 4.32. The monoisotopic (exact) mass is 345 g/mol. The number of fused-ring (bicyclic) bond motifs is 1. The summed E-state index contributed by atoms with van der Waals surface area (Å²) in [6.07, 6.45) is 0.174. The van der Waals surface area contributed by atoms with Crippen LogP contribution in [0.25, 0.3) is 0 Å². The van der Waals surface area contributed by atoms with Crippen LogP contribution in [0.4, 0.5) is 5.69 Å². The highest BCUT2D eigenvalue weighted by atomic mass is 32.2. The van der Waals surface area contributed by atoms with Gasteiger partial charge >= 0.3 is 0 Å². The summed E-state index contributed by atoms with van der Waals surface area (Å²) in [7, 11) is -2.15. The lowest BCUT2D eigenvalue weighted by Gasteiger charge is -2.31. The minimum absolute atomic E-state index is 0.0642. The van der Waals surface area contributed by atoms with Crippen molar-refractivity contribution in [2.75, 3.05) is 18.0 Å². The van der Waals surface area contributed by atoms with Crippen molar-refractivity contribution >= 4 is 21.5 Å². The number of benzene rings is 2. The zero-order valence-corrected chi connectivity index (χ0v) is 14.5. The molecule has 0 radical (unpaired) electrons. The maximum absolute atomic E-state index is 12.9. The van der Waals surface area contributed by atoms with Crippen LogP contribution in [0.2, 0.25) is 0 Å². The van der Waals surface area contributed by atoms with Gasteiger partial charge in [-0.05, 0) is 24.6 Å². The minimum Gasteiger partial charge on any atom is -0.495 e. The van der Waals surface area contributed by atoms with E-state index in [1.807, 2.05) is 31.2 Å². The van der Waals surface area contributed by atoms with Crippen molar-refractivity contribution in [1.29, 1.82) is 0 Å². The predicted molar refractivity (Wildman–Crippen MR) is 93.1 cm³/mol. The van der Waals surface area contributed by atoms with Crippen LogP contribution in [-0.4, -0.2) is 27.9 Å². The highest BCUT2D eigenvalue weighted by Gasteiger charge is 2.33. The molecule has 0 saturated carbocycles. The van der Waals surface area contributed by atoms with Gasteiger partial charge in [0.15, 0.2) is 5.78 Å². The quantitative estimate of drug-likeness (QED) is 0.855. The molecule has 0 aliphatic carbocycles. The van der Waals surface area contributed by atoms with Gasteiger partial charge in [-0.1, -0.05) is 35.9 Å². The average Bonchev–Trinajstić information content (AvgIpc) is 2.56. The molecule has 0 amide bonds. The van der Waals surface area contributed by atoms with E-state index in [9.17, 15) is 13.2 Å². The normalized spacial score (nSPS) is 14.4. The van der Waals surface area contributed by atoms with E-state index in [2.05, 4.69) is 0 Å². The van der Waals surface area contributed by atoms with Crippen LogP contribution >= 0.6 is 0 Å². The van der Waals surface area contributed by atoms with E-state index in [-0.39, 0.29) is 24.5 Å². The lowest BCUT2D eigenvalue weighted by molar-refractivity contribution is 0.0981. The van der Waals surface area contributed by atoms with Crippen LogP contribution in [0, 0.1) is 6.92 Å². The van der Waals surface area contributed by atoms with E-state index in [0.29, 0.717) is 22.6 Å². The third-order valence-corrected chi connectivity index (χ3v) is 5.85. The molecule has 2 aromatic carbocycles. The van der Waals surface area contributed by atoms with Gasteiger partial charge < -0.3 is 4.74 Å². The second-order valence-corrected chi connectivity index (χ2v) is 7.74. The highest BCUT2D eigenvalue weighted by Crippen LogP contribution is 2.38. The topological polar surface area (TPSA) is 63.7 Å². The smallest absolute Gasteiger partial charge is 0.239 e. The summed E-state index contributed by atoms with van der Waals surface area (Å²) in [4.78, 5) is 12.1. The third-order valence-electron chi connectivity index (χ3n) is 4.12. The maximum Gasteiger partial charge on any atom is 0.239 e. The van der Waals surface area contributed by atoms with Crippen LogP contribution in [0.15, 0.2) is 42.5 Å². The van der Waals surface area contributed by atoms with Gasteiger partial charge in [-0.15, -0.1) is 0 Å². The first-order valence-corrected chi connectivity index (χ1v) is 9.29. The lowest BCUT2D eigenvalue weighted by Crippen LogP contribution is -2.38. The third kappa shape index (κ3) is 3.01. The Morgan fingerprint density at radius 2 is 1.83 bits per heavy atom. The number of hydrogen-bond acceptors (Lipinski definition) is 4. The molecule has 5 nitrogen and oxygen atoms in total. The number of Topliss-reactive ketones (excluding diaryl/α,β-unsaturated/α-hetero) is 1. The molecule has 126 valence electrons. The van der Waals surface area contributed by atoms with E-state index in [1.165, 1.54) is 11.4 Å². The molecule has 1 aliphatic heterocycles. The highest BCUT2D eigenvalue weighted by molar-refractivity contribution is 7.92. The number of carbonyl (C=O) groups excluding carboxylic acids is 1. The van der Waals surface area contributed by atoms with E-state index in [1.54, 1.807) is 18.2 Å². The van der Waals surface area contributed by atoms with Crippen molar-refractivity contribution in [3.05, 3.63) is 59.2 Å². The molecule has 0 bridgehead atoms. The van der Waals surface area contributed by atoms with Crippen LogP contribution in [-0.2, 0) is 15.8 Å². The van der Waals surface area contributed by atoms with Gasteiger partial charge in [0.2, 0.25) is 10.0 Å². The van der Waals surface area contributed by atoms with Crippen molar-refractivity contribution in [1.82, 2.24) is 0 Å². The lowest BCUT2D eigenvalue weighted by atomic mass is 10.0. The van der Waals surface area contributed by atoms with E-state index in [4.69, 9.17) is 4.74 Å². The Bertz CT molecular complexity index is 872. The summed E-state index contributed by atoms with van der Waals surface area (Å²) < 4.78 is 32.5. The summed E-state index contributed by atoms with van der Waals surface area (Å²) in [5, 5.41) is 0. The molecule has 1 aliphatic rings. The van der Waals surface area contributed by atoms with Gasteiger partial charge in [-0.3, -0.25) is 9.10 Å². The number of methoxy groups -OCH3 is 1. The Morgan fingerprint density at radius 3 is 2.50 bits per heavy atom. The Labute approximate surface area is 141 Å². The molecule has 0 unspecified atom stereocenters. The molecule has 24 heavy (non-hydrogen) atoms. The molecule has 3 rings (SSSR count). The fourth-order valence-electron chi connectivity index (χ4n) is 2.87. The molecule has 0 spiro atoms. The van der Waals surface area contributed by atoms with Crippen molar-refractivity contribution < 1.29 is 17.9 Å². The van der Waals surface area contributed by atoms with Gasteiger partial charge in [-0.2, -0.15) is 0 Å². The Morgan fingerprint density at radius 1 is 1.12 bits per heavy atom. The van der Waals surface area contributed by atoms with Crippen LogP contribution < -0.4 is 9.04 Å². The van der Waals surface area contributed by atoms with Gasteiger partial charge in [0, 0.05) is 18.5 Å². The Balaban J connectivity index is 2.02. The fourth-order valence-corrected chi connectivity index (χ4v) is 4.48. The van der Waals surface area contributed by atoms with Crippen molar-refractivity contribution in [3.8, 4) is 5.75 Å². The number of ether oxygens (including phenoxy) is 1. The number of anilines is 1. The molecule has 0 saturated heterocycles. The van der Waals surface area contributed by atoms with Crippen molar-refractivity contribution in [2.24, 2.45) is 0 Å². The first-order chi connectivity index (χ1) is 11.4. The zero-order valence-electron chi connectivity index (χ0n) is 13.7. The maximum atomic E-state index is 12.9. The molecule has 0 fully saturated rings. The first-order valence-electron chi connectivity index (χ1n) is 7.68. The predicted octanol–water partition coefficient (Wildman–Crippen LogP) is 2.93. The zero-order chi connectivity index (χ0) is 17.3. The number of nitrogens with zero attached hydrogens (tertiary/aromatic N) is 1. The molecule has 0 aromatic heterocycles. The summed E-state index contributed by atoms with van der Waals surface area (Å²) in [6, 6.07) is 12.4. The van der Waals surface area contributed by atoms with Crippen molar-refractivity contribution in [2.45, 2.75) is 19.1 Å². The van der Waals surface area contributed by atoms with Crippen LogP contribution in [0.5, 0.6) is 5.75 Å². The van der Waals surface area contributed by atoms with E-state index >= 15 is 0 Å². The molecule has 1 heterocycles. The first kappa shape index (κ1) is 16.5. The fraction of sp³-hybridized carbons (Fsp3) is 0.278. The minimum atomic E-state index is -3.62. The van der Waals surface area contributed by atoms with Gasteiger partial charge in [0.25, 0.3) is 0 Å².